The van der Waals surface area contributed by atoms with Crippen molar-refractivity contribution in [3.05, 3.63) is 30.1 Å². The fourth-order valence-corrected chi connectivity index (χ4v) is 3.48. The summed E-state index contributed by atoms with van der Waals surface area (Å²) >= 11 is 0. The minimum Gasteiger partial charge on any atom is -0.349 e. The molecule has 1 atom stereocenters. The van der Waals surface area contributed by atoms with E-state index < -0.39 is 0 Å². The molecule has 0 bridgehead atoms. The number of fused-ring (bicyclic) bond motifs is 1. The highest BCUT2D eigenvalue weighted by atomic mass is 35.5. The number of carbonyl (C=O) groups is 1. The summed E-state index contributed by atoms with van der Waals surface area (Å²) in [5, 5.41) is 6.41. The SMILES string of the molecule is CC(CC(=O)NCc1nc2ccccc2n1C)C1CCNCC1.Cl.Cl. The Labute approximate surface area is 161 Å². The van der Waals surface area contributed by atoms with Gasteiger partial charge in [-0.3, -0.25) is 4.79 Å². The van der Waals surface area contributed by atoms with E-state index in [0.717, 1.165) is 29.9 Å². The molecule has 1 unspecified atom stereocenters. The van der Waals surface area contributed by atoms with Gasteiger partial charge in [-0.15, -0.1) is 24.8 Å². The van der Waals surface area contributed by atoms with Crippen LogP contribution in [-0.2, 0) is 18.4 Å². The molecule has 140 valence electrons. The lowest BCUT2D eigenvalue weighted by Crippen LogP contribution is -2.33. The van der Waals surface area contributed by atoms with Crippen molar-refractivity contribution in [2.24, 2.45) is 18.9 Å². The van der Waals surface area contributed by atoms with Crippen molar-refractivity contribution in [1.29, 1.82) is 0 Å². The molecule has 2 aromatic rings. The zero-order valence-electron chi connectivity index (χ0n) is 14.8. The van der Waals surface area contributed by atoms with Gasteiger partial charge in [-0.05, 0) is 49.9 Å². The third kappa shape index (κ3) is 5.33. The molecule has 1 amide bonds. The van der Waals surface area contributed by atoms with Crippen LogP contribution in [0.15, 0.2) is 24.3 Å². The minimum atomic E-state index is 0. The fraction of sp³-hybridized carbons (Fsp3) is 0.556. The van der Waals surface area contributed by atoms with Crippen molar-refractivity contribution in [3.63, 3.8) is 0 Å². The lowest BCUT2D eigenvalue weighted by molar-refractivity contribution is -0.122. The molecule has 25 heavy (non-hydrogen) atoms. The van der Waals surface area contributed by atoms with Gasteiger partial charge in [0.1, 0.15) is 5.82 Å². The zero-order valence-corrected chi connectivity index (χ0v) is 16.5. The van der Waals surface area contributed by atoms with Crippen molar-refractivity contribution in [2.75, 3.05) is 13.1 Å². The number of halogens is 2. The molecule has 2 heterocycles. The second-order valence-corrected chi connectivity index (χ2v) is 6.62. The Morgan fingerprint density at radius 1 is 1.32 bits per heavy atom. The van der Waals surface area contributed by atoms with Gasteiger partial charge in [0, 0.05) is 13.5 Å². The van der Waals surface area contributed by atoms with E-state index in [1.807, 2.05) is 35.9 Å². The van der Waals surface area contributed by atoms with Crippen LogP contribution in [0.3, 0.4) is 0 Å². The molecule has 1 aliphatic heterocycles. The van der Waals surface area contributed by atoms with E-state index in [0.29, 0.717) is 24.8 Å². The third-order valence-corrected chi connectivity index (χ3v) is 5.02. The number of aryl methyl sites for hydroxylation is 1. The highest BCUT2D eigenvalue weighted by Gasteiger charge is 2.22. The van der Waals surface area contributed by atoms with Crippen LogP contribution in [0.5, 0.6) is 0 Å². The number of nitrogens with zero attached hydrogens (tertiary/aromatic N) is 2. The quantitative estimate of drug-likeness (QED) is 0.829. The van der Waals surface area contributed by atoms with Crippen molar-refractivity contribution >= 4 is 41.8 Å². The molecule has 1 aromatic carbocycles. The number of carbonyl (C=O) groups excluding carboxylic acids is 1. The van der Waals surface area contributed by atoms with Gasteiger partial charge < -0.3 is 15.2 Å². The molecule has 3 rings (SSSR count). The van der Waals surface area contributed by atoms with Crippen LogP contribution in [0.2, 0.25) is 0 Å². The molecule has 1 aromatic heterocycles. The number of para-hydroxylation sites is 2. The largest absolute Gasteiger partial charge is 0.349 e. The monoisotopic (exact) mass is 386 g/mol. The van der Waals surface area contributed by atoms with Gasteiger partial charge in [0.2, 0.25) is 5.91 Å². The first-order valence-electron chi connectivity index (χ1n) is 8.53. The molecule has 0 saturated carbocycles. The lowest BCUT2D eigenvalue weighted by atomic mass is 9.84. The molecule has 0 spiro atoms. The van der Waals surface area contributed by atoms with Crippen LogP contribution >= 0.6 is 24.8 Å². The Kier molecular flexibility index (Phi) is 8.69. The van der Waals surface area contributed by atoms with Gasteiger partial charge in [-0.1, -0.05) is 19.1 Å². The van der Waals surface area contributed by atoms with Gasteiger partial charge in [0.25, 0.3) is 0 Å². The van der Waals surface area contributed by atoms with E-state index >= 15 is 0 Å². The van der Waals surface area contributed by atoms with Crippen LogP contribution in [0, 0.1) is 11.8 Å². The fourth-order valence-electron chi connectivity index (χ4n) is 3.48. The van der Waals surface area contributed by atoms with E-state index in [2.05, 4.69) is 22.5 Å². The maximum absolute atomic E-state index is 12.2. The highest BCUT2D eigenvalue weighted by molar-refractivity contribution is 5.85. The Bertz CT molecular complexity index is 683. The number of hydrogen-bond donors (Lipinski definition) is 2. The van der Waals surface area contributed by atoms with Crippen molar-refractivity contribution in [1.82, 2.24) is 20.2 Å². The van der Waals surface area contributed by atoms with Gasteiger partial charge in [0.15, 0.2) is 0 Å². The van der Waals surface area contributed by atoms with E-state index in [1.165, 1.54) is 12.8 Å². The number of amides is 1. The Morgan fingerprint density at radius 2 is 2.00 bits per heavy atom. The van der Waals surface area contributed by atoms with Gasteiger partial charge >= 0.3 is 0 Å². The normalized spacial score (nSPS) is 15.9. The molecule has 7 heteroatoms. The number of nitrogens with one attached hydrogen (secondary N) is 2. The van der Waals surface area contributed by atoms with Gasteiger partial charge in [-0.2, -0.15) is 0 Å². The van der Waals surface area contributed by atoms with Crippen LogP contribution in [-0.4, -0.2) is 28.5 Å². The highest BCUT2D eigenvalue weighted by Crippen LogP contribution is 2.24. The molecule has 0 radical (unpaired) electrons. The first-order chi connectivity index (χ1) is 11.1. The summed E-state index contributed by atoms with van der Waals surface area (Å²) < 4.78 is 2.05. The van der Waals surface area contributed by atoms with E-state index in [1.54, 1.807) is 0 Å². The summed E-state index contributed by atoms with van der Waals surface area (Å²) in [5.74, 6) is 2.13. The molecular formula is C18H28Cl2N4O. The van der Waals surface area contributed by atoms with Crippen molar-refractivity contribution in [2.45, 2.75) is 32.7 Å². The number of imidazole rings is 1. The van der Waals surface area contributed by atoms with Crippen molar-refractivity contribution in [3.8, 4) is 0 Å². The van der Waals surface area contributed by atoms with E-state index in [-0.39, 0.29) is 30.7 Å². The maximum atomic E-state index is 12.2. The molecule has 1 aliphatic rings. The second kappa shape index (κ2) is 10.00. The summed E-state index contributed by atoms with van der Waals surface area (Å²) in [6.45, 7) is 4.85. The van der Waals surface area contributed by atoms with Gasteiger partial charge in [0.05, 0.1) is 17.6 Å². The molecular weight excluding hydrogens is 359 g/mol. The number of rotatable bonds is 5. The number of aromatic nitrogens is 2. The Balaban J connectivity index is 0.00000156. The molecule has 0 aliphatic carbocycles. The van der Waals surface area contributed by atoms with Crippen molar-refractivity contribution < 1.29 is 4.79 Å². The maximum Gasteiger partial charge on any atom is 0.220 e. The second-order valence-electron chi connectivity index (χ2n) is 6.62. The predicted molar refractivity (Wildman–Crippen MR) is 106 cm³/mol. The van der Waals surface area contributed by atoms with Gasteiger partial charge in [-0.25, -0.2) is 4.98 Å². The Morgan fingerprint density at radius 3 is 2.68 bits per heavy atom. The standard InChI is InChI=1S/C18H26N4O.2ClH/c1-13(14-7-9-19-10-8-14)11-18(23)20-12-17-21-15-5-3-4-6-16(15)22(17)2;;/h3-6,13-14,19H,7-12H2,1-2H3,(H,20,23);2*1H. The molecule has 1 fully saturated rings. The third-order valence-electron chi connectivity index (χ3n) is 5.02. The topological polar surface area (TPSA) is 59.0 Å². The molecule has 5 nitrogen and oxygen atoms in total. The van der Waals surface area contributed by atoms with Crippen LogP contribution in [0.4, 0.5) is 0 Å². The average molecular weight is 387 g/mol. The summed E-state index contributed by atoms with van der Waals surface area (Å²) in [6.07, 6.45) is 2.97. The summed E-state index contributed by atoms with van der Waals surface area (Å²) in [7, 11) is 1.99. The summed E-state index contributed by atoms with van der Waals surface area (Å²) in [6, 6.07) is 8.04. The van der Waals surface area contributed by atoms with Crippen LogP contribution in [0.1, 0.15) is 32.0 Å². The summed E-state index contributed by atoms with van der Waals surface area (Å²) in [5.41, 5.74) is 2.07. The smallest absolute Gasteiger partial charge is 0.220 e. The number of benzene rings is 1. The first-order valence-corrected chi connectivity index (χ1v) is 8.53. The molecule has 2 N–H and O–H groups in total. The van der Waals surface area contributed by atoms with Crippen LogP contribution in [0.25, 0.3) is 11.0 Å². The predicted octanol–water partition coefficient (Wildman–Crippen LogP) is 3.06. The molecule has 1 saturated heterocycles. The van der Waals surface area contributed by atoms with E-state index in [9.17, 15) is 4.79 Å². The number of piperidine rings is 1. The minimum absolute atomic E-state index is 0. The number of hydrogen-bond acceptors (Lipinski definition) is 3. The van der Waals surface area contributed by atoms with Crippen LogP contribution < -0.4 is 10.6 Å². The van der Waals surface area contributed by atoms with E-state index in [4.69, 9.17) is 0 Å². The Hall–Kier alpha value is -1.30. The zero-order chi connectivity index (χ0) is 16.2. The lowest BCUT2D eigenvalue weighted by Gasteiger charge is -2.27. The first kappa shape index (κ1) is 21.7. The summed E-state index contributed by atoms with van der Waals surface area (Å²) in [4.78, 5) is 16.8. The average Bonchev–Trinajstić information content (AvgIpc) is 2.90.